The van der Waals surface area contributed by atoms with E-state index in [4.69, 9.17) is 0 Å². The minimum atomic E-state index is -0.488. The molecule has 0 N–H and O–H groups in total. The fourth-order valence-electron chi connectivity index (χ4n) is 1.72. The topological polar surface area (TPSA) is 34.1 Å². The second kappa shape index (κ2) is 9.07. The molecule has 0 aliphatic carbocycles. The van der Waals surface area contributed by atoms with E-state index in [-0.39, 0.29) is 15.8 Å². The van der Waals surface area contributed by atoms with Crippen molar-refractivity contribution in [3.8, 4) is 11.8 Å². The van der Waals surface area contributed by atoms with Crippen molar-refractivity contribution in [1.29, 1.82) is 0 Å². The zero-order chi connectivity index (χ0) is 18.2. The van der Waals surface area contributed by atoms with Crippen molar-refractivity contribution in [1.82, 2.24) is 0 Å². The molecular weight excluding hydrogens is 355 g/mol. The van der Waals surface area contributed by atoms with E-state index in [1.54, 1.807) is 30.3 Å². The number of carbonyl (C=O) groups is 2. The Hall–Kier alpha value is -2.55. The molecule has 2 nitrogen and oxygen atoms in total. The first-order valence-electron chi connectivity index (χ1n) is 7.12. The molecule has 0 saturated carbocycles. The fraction of sp³-hybridized carbons (Fsp3) is 0. The zero-order valence-corrected chi connectivity index (χ0v) is 14.8. The predicted molar refractivity (Wildman–Crippen MR) is 101 cm³/mol. The van der Waals surface area contributed by atoms with Crippen LogP contribution in [0.1, 0.15) is 11.1 Å². The van der Waals surface area contributed by atoms with Crippen LogP contribution in [0.4, 0.5) is 4.39 Å². The minimum Gasteiger partial charge on any atom is -0.282 e. The molecule has 0 spiro atoms. The molecule has 0 radical (unpaired) electrons. The van der Waals surface area contributed by atoms with Gasteiger partial charge in [-0.1, -0.05) is 25.0 Å². The molecule has 0 aromatic heterocycles. The summed E-state index contributed by atoms with van der Waals surface area (Å²) in [7, 11) is 0. The molecule has 2 aromatic rings. The van der Waals surface area contributed by atoms with Gasteiger partial charge in [-0.25, -0.2) is 4.39 Å². The van der Waals surface area contributed by atoms with Crippen LogP contribution in [0.2, 0.25) is 0 Å². The number of hydrogen-bond donors (Lipinski definition) is 0. The molecule has 0 aliphatic heterocycles. The van der Waals surface area contributed by atoms with Gasteiger partial charge >= 0.3 is 0 Å². The normalized spacial score (nSPS) is 9.64. The number of thioether (sulfide) groups is 2. The molecule has 124 valence electrons. The van der Waals surface area contributed by atoms with Crippen molar-refractivity contribution >= 4 is 33.8 Å². The molecule has 0 heterocycles. The van der Waals surface area contributed by atoms with Crippen LogP contribution < -0.4 is 0 Å². The van der Waals surface area contributed by atoms with Crippen LogP contribution in [0.25, 0.3) is 0 Å². The molecule has 0 unspecified atom stereocenters. The lowest BCUT2D eigenvalue weighted by atomic mass is 10.2. The number of carbonyl (C=O) groups excluding carboxylic acids is 2. The highest BCUT2D eigenvalue weighted by Crippen LogP contribution is 2.22. The second-order valence-electron chi connectivity index (χ2n) is 4.67. The van der Waals surface area contributed by atoms with E-state index in [0.29, 0.717) is 10.5 Å². The van der Waals surface area contributed by atoms with Crippen LogP contribution in [-0.4, -0.2) is 10.2 Å². The summed E-state index contributed by atoms with van der Waals surface area (Å²) in [5, 5.41) is -0.375. The van der Waals surface area contributed by atoms with E-state index in [2.05, 4.69) is 25.0 Å². The lowest BCUT2D eigenvalue weighted by Crippen LogP contribution is -1.88. The summed E-state index contributed by atoms with van der Waals surface area (Å²) in [6.45, 7) is 6.79. The SMILES string of the molecule is C=CC(=O)Sc1ccc(C#Cc2ccc(SC(=O)C=C)cc2F)cc1. The first kappa shape index (κ1) is 18.8. The Kier molecular flexibility index (Phi) is 6.81. The van der Waals surface area contributed by atoms with Gasteiger partial charge in [-0.3, -0.25) is 9.59 Å². The molecule has 0 amide bonds. The Labute approximate surface area is 154 Å². The third-order valence-corrected chi connectivity index (χ3v) is 4.64. The Morgan fingerprint density at radius 3 is 2.00 bits per heavy atom. The highest BCUT2D eigenvalue weighted by molar-refractivity contribution is 8.14. The van der Waals surface area contributed by atoms with Gasteiger partial charge in [0.25, 0.3) is 0 Å². The van der Waals surface area contributed by atoms with Gasteiger partial charge in [-0.15, -0.1) is 0 Å². The molecule has 0 bridgehead atoms. The maximum Gasteiger partial charge on any atom is 0.216 e. The van der Waals surface area contributed by atoms with E-state index in [1.807, 2.05) is 0 Å². The molecule has 0 fully saturated rings. The van der Waals surface area contributed by atoms with Crippen LogP contribution in [0.15, 0.2) is 77.6 Å². The largest absolute Gasteiger partial charge is 0.282 e. The van der Waals surface area contributed by atoms with E-state index in [1.165, 1.54) is 24.3 Å². The van der Waals surface area contributed by atoms with Crippen LogP contribution in [0.5, 0.6) is 0 Å². The Balaban J connectivity index is 2.12. The van der Waals surface area contributed by atoms with E-state index < -0.39 is 5.82 Å². The smallest absolute Gasteiger partial charge is 0.216 e. The molecule has 5 heteroatoms. The summed E-state index contributed by atoms with van der Waals surface area (Å²) in [5.41, 5.74) is 0.950. The summed E-state index contributed by atoms with van der Waals surface area (Å²) in [6.07, 6.45) is 2.44. The summed E-state index contributed by atoms with van der Waals surface area (Å²) in [5.74, 6) is 5.15. The van der Waals surface area contributed by atoms with Gasteiger partial charge in [-0.2, -0.15) is 0 Å². The van der Waals surface area contributed by atoms with Gasteiger partial charge in [-0.05, 0) is 78.1 Å². The van der Waals surface area contributed by atoms with Gasteiger partial charge in [0, 0.05) is 15.4 Å². The van der Waals surface area contributed by atoms with E-state index in [9.17, 15) is 14.0 Å². The standard InChI is InChI=1S/C20H13FO2S2/c1-3-19(22)24-16-10-6-14(7-11-16)5-8-15-9-12-17(13-18(15)21)25-20(23)4-2/h3-4,6-7,9-13H,1-2H2. The Morgan fingerprint density at radius 1 is 0.880 bits per heavy atom. The summed E-state index contributed by atoms with van der Waals surface area (Å²) >= 11 is 1.98. The first-order valence-corrected chi connectivity index (χ1v) is 8.75. The van der Waals surface area contributed by atoms with Crippen molar-refractivity contribution in [2.75, 3.05) is 0 Å². The second-order valence-corrected chi connectivity index (χ2v) is 6.82. The minimum absolute atomic E-state index is 0.131. The van der Waals surface area contributed by atoms with E-state index in [0.717, 1.165) is 28.4 Å². The number of rotatable bonds is 4. The van der Waals surface area contributed by atoms with Crippen molar-refractivity contribution < 1.29 is 14.0 Å². The van der Waals surface area contributed by atoms with Crippen LogP contribution in [-0.2, 0) is 9.59 Å². The fourth-order valence-corrected chi connectivity index (χ4v) is 2.92. The highest BCUT2D eigenvalue weighted by Gasteiger charge is 2.05. The molecule has 0 aliphatic rings. The van der Waals surface area contributed by atoms with Gasteiger partial charge in [0.2, 0.25) is 10.2 Å². The quantitative estimate of drug-likeness (QED) is 0.440. The van der Waals surface area contributed by atoms with Gasteiger partial charge in [0.15, 0.2) is 0 Å². The van der Waals surface area contributed by atoms with Crippen molar-refractivity contribution in [2.24, 2.45) is 0 Å². The summed E-state index contributed by atoms with van der Waals surface area (Å²) in [4.78, 5) is 23.8. The van der Waals surface area contributed by atoms with Gasteiger partial charge < -0.3 is 0 Å². The Bertz CT molecular complexity index is 890. The average molecular weight is 368 g/mol. The molecule has 25 heavy (non-hydrogen) atoms. The lowest BCUT2D eigenvalue weighted by Gasteiger charge is -2.00. The summed E-state index contributed by atoms with van der Waals surface area (Å²) in [6, 6.07) is 11.5. The maximum absolute atomic E-state index is 14.1. The van der Waals surface area contributed by atoms with Gasteiger partial charge in [0.05, 0.1) is 5.56 Å². The first-order chi connectivity index (χ1) is 12.0. The third-order valence-electron chi connectivity index (χ3n) is 2.91. The van der Waals surface area contributed by atoms with Crippen LogP contribution in [0.3, 0.4) is 0 Å². The Morgan fingerprint density at radius 2 is 1.44 bits per heavy atom. The third kappa shape index (κ3) is 5.79. The molecule has 2 aromatic carbocycles. The van der Waals surface area contributed by atoms with Crippen LogP contribution in [0, 0.1) is 17.7 Å². The van der Waals surface area contributed by atoms with Crippen LogP contribution >= 0.6 is 23.5 Å². The predicted octanol–water partition coefficient (Wildman–Crippen LogP) is 4.83. The van der Waals surface area contributed by atoms with Crippen molar-refractivity contribution in [3.63, 3.8) is 0 Å². The van der Waals surface area contributed by atoms with E-state index >= 15 is 0 Å². The summed E-state index contributed by atoms with van der Waals surface area (Å²) < 4.78 is 14.1. The monoisotopic (exact) mass is 368 g/mol. The number of halogens is 1. The van der Waals surface area contributed by atoms with Gasteiger partial charge in [0.1, 0.15) is 5.82 Å². The lowest BCUT2D eigenvalue weighted by molar-refractivity contribution is -0.107. The zero-order valence-electron chi connectivity index (χ0n) is 13.1. The number of benzene rings is 2. The molecule has 2 rings (SSSR count). The van der Waals surface area contributed by atoms with Crippen molar-refractivity contribution in [2.45, 2.75) is 9.79 Å². The van der Waals surface area contributed by atoms with Crippen molar-refractivity contribution in [3.05, 3.63) is 84.7 Å². The maximum atomic E-state index is 14.1. The molecule has 0 atom stereocenters. The molecule has 0 saturated heterocycles. The molecular formula is C20H13FO2S2. The average Bonchev–Trinajstić information content (AvgIpc) is 2.62. The highest BCUT2D eigenvalue weighted by atomic mass is 32.2. The number of hydrogen-bond acceptors (Lipinski definition) is 4.